The monoisotopic (exact) mass is 566 g/mol. The highest BCUT2D eigenvalue weighted by molar-refractivity contribution is 6.05. The molecule has 0 aliphatic carbocycles. The fourth-order valence-electron chi connectivity index (χ4n) is 5.65. The number of hydrogen-bond donors (Lipinski definition) is 0. The number of rotatable bonds is 6. The van der Waals surface area contributed by atoms with Crippen LogP contribution >= 0.6 is 0 Å². The fraction of sp³-hybridized carbons (Fsp3) is 0. The first-order valence-electron chi connectivity index (χ1n) is 14.5. The maximum absolute atomic E-state index is 6.22. The Hall–Kier alpha value is -6.07. The van der Waals surface area contributed by atoms with Crippen LogP contribution in [0.2, 0.25) is 0 Å². The normalized spacial score (nSPS) is 11.2. The highest BCUT2D eigenvalue weighted by Gasteiger charge is 2.20. The van der Waals surface area contributed by atoms with E-state index in [4.69, 9.17) is 19.4 Å². The van der Waals surface area contributed by atoms with Crippen molar-refractivity contribution in [2.24, 2.45) is 0 Å². The van der Waals surface area contributed by atoms with Crippen LogP contribution in [0.3, 0.4) is 0 Å². The van der Waals surface area contributed by atoms with Gasteiger partial charge in [0.15, 0.2) is 17.5 Å². The highest BCUT2D eigenvalue weighted by Crippen LogP contribution is 2.40. The van der Waals surface area contributed by atoms with Gasteiger partial charge in [0.25, 0.3) is 0 Å². The first-order valence-corrected chi connectivity index (χ1v) is 14.5. The van der Waals surface area contributed by atoms with E-state index in [1.165, 1.54) is 0 Å². The van der Waals surface area contributed by atoms with Crippen molar-refractivity contribution in [3.63, 3.8) is 0 Å². The van der Waals surface area contributed by atoms with Gasteiger partial charge >= 0.3 is 0 Å². The molecule has 8 rings (SSSR count). The van der Waals surface area contributed by atoms with E-state index in [1.54, 1.807) is 0 Å². The van der Waals surface area contributed by atoms with Crippen LogP contribution in [0.15, 0.2) is 162 Å². The van der Waals surface area contributed by atoms with Crippen LogP contribution in [0.4, 0.5) is 17.1 Å². The Kier molecular flexibility index (Phi) is 6.39. The first-order chi connectivity index (χ1) is 21.8. The molecule has 5 nitrogen and oxygen atoms in total. The van der Waals surface area contributed by atoms with Gasteiger partial charge in [0.1, 0.15) is 11.2 Å². The van der Waals surface area contributed by atoms with E-state index < -0.39 is 0 Å². The topological polar surface area (TPSA) is 55.1 Å². The van der Waals surface area contributed by atoms with Crippen molar-refractivity contribution in [1.82, 2.24) is 15.0 Å². The molecule has 0 fully saturated rings. The van der Waals surface area contributed by atoms with E-state index >= 15 is 0 Å². The molecule has 0 saturated heterocycles. The summed E-state index contributed by atoms with van der Waals surface area (Å²) in [5.74, 6) is 1.78. The number of aromatic nitrogens is 3. The van der Waals surface area contributed by atoms with Crippen LogP contribution in [-0.4, -0.2) is 15.0 Å². The van der Waals surface area contributed by atoms with Crippen molar-refractivity contribution in [3.05, 3.63) is 158 Å². The molecule has 8 aromatic rings. The van der Waals surface area contributed by atoms with Gasteiger partial charge in [-0.2, -0.15) is 0 Å². The summed E-state index contributed by atoms with van der Waals surface area (Å²) in [6.07, 6.45) is 0. The van der Waals surface area contributed by atoms with Gasteiger partial charge in [-0.15, -0.1) is 0 Å². The number of furan rings is 1. The zero-order chi connectivity index (χ0) is 29.3. The Labute approximate surface area is 254 Å². The van der Waals surface area contributed by atoms with Crippen molar-refractivity contribution >= 4 is 39.0 Å². The van der Waals surface area contributed by atoms with E-state index in [-0.39, 0.29) is 0 Å². The lowest BCUT2D eigenvalue weighted by atomic mass is 10.1. The zero-order valence-corrected chi connectivity index (χ0v) is 23.7. The quantitative estimate of drug-likeness (QED) is 0.200. The Morgan fingerprint density at radius 3 is 1.68 bits per heavy atom. The number of anilines is 3. The minimum absolute atomic E-state index is 0.581. The smallest absolute Gasteiger partial charge is 0.166 e. The van der Waals surface area contributed by atoms with Gasteiger partial charge in [-0.05, 0) is 54.6 Å². The fourth-order valence-corrected chi connectivity index (χ4v) is 5.65. The third-order valence-corrected chi connectivity index (χ3v) is 7.72. The van der Waals surface area contributed by atoms with Crippen LogP contribution in [0.5, 0.6) is 0 Å². The van der Waals surface area contributed by atoms with Crippen molar-refractivity contribution in [1.29, 1.82) is 0 Å². The lowest BCUT2D eigenvalue weighted by Crippen LogP contribution is -2.12. The summed E-state index contributed by atoms with van der Waals surface area (Å²) in [5.41, 5.74) is 7.38. The summed E-state index contributed by atoms with van der Waals surface area (Å²) in [5, 5.41) is 2.15. The largest absolute Gasteiger partial charge is 0.456 e. The second-order valence-corrected chi connectivity index (χ2v) is 10.5. The summed E-state index contributed by atoms with van der Waals surface area (Å²) < 4.78 is 6.22. The second kappa shape index (κ2) is 11.0. The van der Waals surface area contributed by atoms with Gasteiger partial charge in [0.2, 0.25) is 0 Å². The summed E-state index contributed by atoms with van der Waals surface area (Å²) >= 11 is 0. The number of nitrogens with zero attached hydrogens (tertiary/aromatic N) is 4. The third-order valence-electron chi connectivity index (χ3n) is 7.72. The van der Waals surface area contributed by atoms with Crippen LogP contribution in [0.1, 0.15) is 0 Å². The lowest BCUT2D eigenvalue weighted by molar-refractivity contribution is 0.669. The molecule has 0 spiro atoms. The lowest BCUT2D eigenvalue weighted by Gasteiger charge is -2.27. The molecule has 0 amide bonds. The van der Waals surface area contributed by atoms with Crippen molar-refractivity contribution in [3.8, 4) is 34.2 Å². The summed E-state index contributed by atoms with van der Waals surface area (Å²) in [4.78, 5) is 17.4. The van der Waals surface area contributed by atoms with Gasteiger partial charge < -0.3 is 9.32 Å². The van der Waals surface area contributed by atoms with Crippen molar-refractivity contribution < 1.29 is 4.42 Å². The molecule has 208 valence electrons. The molecular formula is C39H26N4O. The van der Waals surface area contributed by atoms with Crippen LogP contribution in [0.25, 0.3) is 56.1 Å². The van der Waals surface area contributed by atoms with Gasteiger partial charge in [-0.25, -0.2) is 15.0 Å². The molecule has 0 radical (unpaired) electrons. The molecular weight excluding hydrogens is 540 g/mol. The molecule has 0 saturated carbocycles. The minimum atomic E-state index is 0.581. The number of benzene rings is 6. The van der Waals surface area contributed by atoms with Gasteiger partial charge in [-0.1, -0.05) is 103 Å². The van der Waals surface area contributed by atoms with E-state index in [2.05, 4.69) is 83.8 Å². The molecule has 0 N–H and O–H groups in total. The molecule has 0 bridgehead atoms. The molecule has 2 heterocycles. The molecule has 5 heteroatoms. The van der Waals surface area contributed by atoms with Crippen molar-refractivity contribution in [2.75, 3.05) is 4.90 Å². The molecule has 6 aromatic carbocycles. The Morgan fingerprint density at radius 1 is 0.409 bits per heavy atom. The first kappa shape index (κ1) is 25.6. The molecule has 0 unspecified atom stereocenters. The van der Waals surface area contributed by atoms with Gasteiger partial charge in [0, 0.05) is 38.8 Å². The summed E-state index contributed by atoms with van der Waals surface area (Å²) in [6.45, 7) is 0. The van der Waals surface area contributed by atoms with Crippen LogP contribution in [0, 0.1) is 0 Å². The predicted octanol–water partition coefficient (Wildman–Crippen LogP) is 10.2. The highest BCUT2D eigenvalue weighted by atomic mass is 16.3. The average molecular weight is 567 g/mol. The maximum atomic E-state index is 6.22. The standard InChI is InChI=1S/C39H26N4O/c1-4-14-27(15-5-1)37-40-38(28-24-25-32-31-20-11-13-23-35(31)44-36(32)26-28)42-39(41-37)33-21-10-12-22-34(33)43(29-16-6-2-7-17-29)30-18-8-3-9-19-30/h1-26H. The number of hydrogen-bond acceptors (Lipinski definition) is 5. The average Bonchev–Trinajstić information content (AvgIpc) is 3.48. The predicted molar refractivity (Wildman–Crippen MR) is 178 cm³/mol. The van der Waals surface area contributed by atoms with Crippen LogP contribution in [-0.2, 0) is 0 Å². The zero-order valence-electron chi connectivity index (χ0n) is 23.7. The van der Waals surface area contributed by atoms with Gasteiger partial charge in [0.05, 0.1) is 5.69 Å². The van der Waals surface area contributed by atoms with E-state index in [0.717, 1.165) is 55.7 Å². The van der Waals surface area contributed by atoms with E-state index in [0.29, 0.717) is 17.5 Å². The number of fused-ring (bicyclic) bond motifs is 3. The third kappa shape index (κ3) is 4.67. The van der Waals surface area contributed by atoms with Crippen molar-refractivity contribution in [2.45, 2.75) is 0 Å². The van der Waals surface area contributed by atoms with Crippen LogP contribution < -0.4 is 4.90 Å². The molecule has 0 atom stereocenters. The number of para-hydroxylation sites is 4. The Morgan fingerprint density at radius 2 is 0.955 bits per heavy atom. The van der Waals surface area contributed by atoms with Gasteiger partial charge in [-0.3, -0.25) is 0 Å². The molecule has 0 aliphatic rings. The summed E-state index contributed by atoms with van der Waals surface area (Å²) in [7, 11) is 0. The Bertz CT molecular complexity index is 2190. The van der Waals surface area contributed by atoms with E-state index in [9.17, 15) is 0 Å². The summed E-state index contributed by atoms with van der Waals surface area (Å²) in [6, 6.07) is 53.3. The SMILES string of the molecule is c1ccc(-c2nc(-c3ccc4c(c3)oc3ccccc34)nc(-c3ccccc3N(c3ccccc3)c3ccccc3)n2)cc1. The molecule has 2 aromatic heterocycles. The molecule has 44 heavy (non-hydrogen) atoms. The van der Waals surface area contributed by atoms with E-state index in [1.807, 2.05) is 78.9 Å². The second-order valence-electron chi connectivity index (χ2n) is 10.5. The minimum Gasteiger partial charge on any atom is -0.456 e. The molecule has 0 aliphatic heterocycles. The maximum Gasteiger partial charge on any atom is 0.166 e. The Balaban J connectivity index is 1.34.